The summed E-state index contributed by atoms with van der Waals surface area (Å²) in [6.45, 7) is 14.4. The van der Waals surface area contributed by atoms with Gasteiger partial charge < -0.3 is 0 Å². The van der Waals surface area contributed by atoms with E-state index in [1.54, 1.807) is 6.92 Å². The number of benzene rings is 2. The molecular formula is C31H40F4N2O2S. The Balaban J connectivity index is 0.00000191. The monoisotopic (exact) mass is 580 g/mol. The zero-order valence-corrected chi connectivity index (χ0v) is 25.1. The maximum absolute atomic E-state index is 14.4. The second kappa shape index (κ2) is 15.6. The van der Waals surface area contributed by atoms with Crippen molar-refractivity contribution in [3.63, 3.8) is 0 Å². The van der Waals surface area contributed by atoms with E-state index >= 15 is 0 Å². The summed E-state index contributed by atoms with van der Waals surface area (Å²) in [6.07, 6.45) is -2.26. The first-order valence-electron chi connectivity index (χ1n) is 13.3. The van der Waals surface area contributed by atoms with Crippen molar-refractivity contribution < 1.29 is 26.0 Å². The average Bonchev–Trinajstić information content (AvgIpc) is 3.34. The summed E-state index contributed by atoms with van der Waals surface area (Å²) in [5.41, 5.74) is 0.343. The highest BCUT2D eigenvalue weighted by molar-refractivity contribution is 7.90. The number of hydrogen-bond donors (Lipinski definition) is 0. The van der Waals surface area contributed by atoms with Gasteiger partial charge in [0.1, 0.15) is 11.9 Å². The van der Waals surface area contributed by atoms with Gasteiger partial charge >= 0.3 is 6.18 Å². The standard InChI is InChI=1S/C27H28F4N2O2S.2C2H6/c1-5-23(28)18(2)17-19(3)24-25(21-11-13-22(14-12-21)36(4,34)35)32-33(26(24)27(29,30)31)16-15-20-9-7-6-8-10-20;2*1-2/h5-14,17-18,23H,1,15-16H2,2-4H3;2*1-2H3/b19-17+;;. The van der Waals surface area contributed by atoms with Crippen molar-refractivity contribution in [1.82, 2.24) is 9.78 Å². The Bertz CT molecular complexity index is 1340. The minimum absolute atomic E-state index is 0.0332. The summed E-state index contributed by atoms with van der Waals surface area (Å²) in [4.78, 5) is 0.0412. The summed E-state index contributed by atoms with van der Waals surface area (Å²) in [5.74, 6) is -0.711. The van der Waals surface area contributed by atoms with E-state index in [0.29, 0.717) is 12.0 Å². The molecule has 0 radical (unpaired) electrons. The molecule has 220 valence electrons. The number of halogens is 4. The van der Waals surface area contributed by atoms with Crippen molar-refractivity contribution in [1.29, 1.82) is 0 Å². The van der Waals surface area contributed by atoms with Crippen molar-refractivity contribution in [2.45, 2.75) is 71.8 Å². The van der Waals surface area contributed by atoms with Crippen molar-refractivity contribution >= 4 is 15.4 Å². The first-order chi connectivity index (χ1) is 18.8. The van der Waals surface area contributed by atoms with Gasteiger partial charge in [0.25, 0.3) is 0 Å². The van der Waals surface area contributed by atoms with E-state index in [-0.39, 0.29) is 28.3 Å². The summed E-state index contributed by atoms with van der Waals surface area (Å²) < 4.78 is 82.2. The van der Waals surface area contributed by atoms with Crippen LogP contribution in [-0.4, -0.2) is 30.6 Å². The molecule has 0 saturated heterocycles. The van der Waals surface area contributed by atoms with Crippen LogP contribution in [0.1, 0.15) is 58.4 Å². The van der Waals surface area contributed by atoms with Crippen molar-refractivity contribution in [3.05, 3.63) is 90.1 Å². The summed E-state index contributed by atoms with van der Waals surface area (Å²) in [6, 6.07) is 14.6. The molecular weight excluding hydrogens is 540 g/mol. The van der Waals surface area contributed by atoms with E-state index in [2.05, 4.69) is 11.7 Å². The highest BCUT2D eigenvalue weighted by atomic mass is 32.2. The molecule has 40 heavy (non-hydrogen) atoms. The fraction of sp³-hybridized carbons (Fsp3) is 0.387. The molecule has 0 aliphatic rings. The van der Waals surface area contributed by atoms with Crippen LogP contribution in [-0.2, 0) is 29.0 Å². The van der Waals surface area contributed by atoms with Crippen LogP contribution in [0.2, 0.25) is 0 Å². The van der Waals surface area contributed by atoms with Gasteiger partial charge in [-0.05, 0) is 36.6 Å². The van der Waals surface area contributed by atoms with Crippen LogP contribution in [0.5, 0.6) is 0 Å². The SMILES string of the molecule is C=CC(F)C(C)/C=C(\C)c1c(-c2ccc(S(C)(=O)=O)cc2)nn(CCc2ccccc2)c1C(F)(F)F.CC.CC. The molecule has 2 aromatic carbocycles. The van der Waals surface area contributed by atoms with Gasteiger partial charge in [0.05, 0.1) is 4.90 Å². The zero-order chi connectivity index (χ0) is 30.7. The van der Waals surface area contributed by atoms with E-state index in [1.165, 1.54) is 37.3 Å². The van der Waals surface area contributed by atoms with Gasteiger partial charge in [-0.3, -0.25) is 4.68 Å². The number of alkyl halides is 4. The van der Waals surface area contributed by atoms with Crippen LogP contribution in [0.4, 0.5) is 17.6 Å². The number of nitrogens with zero attached hydrogens (tertiary/aromatic N) is 2. The minimum atomic E-state index is -4.74. The second-order valence-electron chi connectivity index (χ2n) is 8.71. The molecule has 0 fully saturated rings. The van der Waals surface area contributed by atoms with Crippen LogP contribution >= 0.6 is 0 Å². The van der Waals surface area contributed by atoms with Gasteiger partial charge in [-0.2, -0.15) is 18.3 Å². The normalized spacial score (nSPS) is 13.3. The Labute approximate surface area is 236 Å². The molecule has 0 N–H and O–H groups in total. The predicted octanol–water partition coefficient (Wildman–Crippen LogP) is 8.83. The van der Waals surface area contributed by atoms with Crippen LogP contribution in [0, 0.1) is 5.92 Å². The van der Waals surface area contributed by atoms with Crippen LogP contribution in [0.3, 0.4) is 0 Å². The molecule has 0 bridgehead atoms. The predicted molar refractivity (Wildman–Crippen MR) is 157 cm³/mol. The third kappa shape index (κ3) is 9.18. The summed E-state index contributed by atoms with van der Waals surface area (Å²) in [7, 11) is -3.49. The highest BCUT2D eigenvalue weighted by Gasteiger charge is 2.40. The Morgan fingerprint density at radius 2 is 1.57 bits per heavy atom. The maximum atomic E-state index is 14.4. The zero-order valence-electron chi connectivity index (χ0n) is 24.3. The third-order valence-corrected chi connectivity index (χ3v) is 7.00. The molecule has 3 rings (SSSR count). The minimum Gasteiger partial charge on any atom is -0.259 e. The van der Waals surface area contributed by atoms with Gasteiger partial charge in [0.2, 0.25) is 0 Å². The van der Waals surface area contributed by atoms with Crippen molar-refractivity contribution in [2.24, 2.45) is 5.92 Å². The van der Waals surface area contributed by atoms with Crippen LogP contribution in [0.25, 0.3) is 16.8 Å². The summed E-state index contributed by atoms with van der Waals surface area (Å²) >= 11 is 0. The molecule has 0 amide bonds. The topological polar surface area (TPSA) is 52.0 Å². The quantitative estimate of drug-likeness (QED) is 0.188. The molecule has 0 aliphatic carbocycles. The smallest absolute Gasteiger partial charge is 0.259 e. The van der Waals surface area contributed by atoms with E-state index in [9.17, 15) is 26.0 Å². The third-order valence-electron chi connectivity index (χ3n) is 5.87. The lowest BCUT2D eigenvalue weighted by Gasteiger charge is -2.15. The van der Waals surface area contributed by atoms with Gasteiger partial charge in [-0.1, -0.05) is 89.2 Å². The second-order valence-corrected chi connectivity index (χ2v) is 10.7. The largest absolute Gasteiger partial charge is 0.433 e. The summed E-state index contributed by atoms with van der Waals surface area (Å²) in [5, 5.41) is 4.34. The molecule has 1 heterocycles. The van der Waals surface area contributed by atoms with Gasteiger partial charge in [0.15, 0.2) is 15.5 Å². The molecule has 0 saturated carbocycles. The van der Waals surface area contributed by atoms with Crippen LogP contribution in [0.15, 0.2) is 78.2 Å². The fourth-order valence-electron chi connectivity index (χ4n) is 4.01. The number of rotatable bonds is 9. The lowest BCUT2D eigenvalue weighted by molar-refractivity contribution is -0.144. The Morgan fingerprint density at radius 1 is 1.02 bits per heavy atom. The van der Waals surface area contributed by atoms with Crippen molar-refractivity contribution in [2.75, 3.05) is 6.26 Å². The van der Waals surface area contributed by atoms with Crippen molar-refractivity contribution in [3.8, 4) is 11.3 Å². The van der Waals surface area contributed by atoms with Crippen LogP contribution < -0.4 is 0 Å². The van der Waals surface area contributed by atoms with Gasteiger partial charge in [0, 0.05) is 29.8 Å². The number of allylic oxidation sites excluding steroid dienone is 3. The molecule has 3 aromatic rings. The van der Waals surface area contributed by atoms with Gasteiger partial charge in [-0.15, -0.1) is 6.58 Å². The molecule has 9 heteroatoms. The number of hydrogen-bond acceptors (Lipinski definition) is 3. The first kappa shape index (κ1) is 34.8. The van der Waals surface area contributed by atoms with E-state index in [1.807, 2.05) is 58.0 Å². The Kier molecular flexibility index (Phi) is 13.5. The van der Waals surface area contributed by atoms with E-state index in [4.69, 9.17) is 0 Å². The Morgan fingerprint density at radius 3 is 2.05 bits per heavy atom. The molecule has 1 aromatic heterocycles. The average molecular weight is 581 g/mol. The molecule has 2 unspecified atom stereocenters. The number of sulfone groups is 1. The lowest BCUT2D eigenvalue weighted by Crippen LogP contribution is -2.17. The number of aromatic nitrogens is 2. The molecule has 2 atom stereocenters. The first-order valence-corrected chi connectivity index (χ1v) is 15.2. The fourth-order valence-corrected chi connectivity index (χ4v) is 4.64. The molecule has 0 spiro atoms. The maximum Gasteiger partial charge on any atom is 0.433 e. The van der Waals surface area contributed by atoms with E-state index < -0.39 is 33.8 Å². The van der Waals surface area contributed by atoms with E-state index in [0.717, 1.165) is 22.6 Å². The Hall–Kier alpha value is -3.20. The lowest BCUT2D eigenvalue weighted by atomic mass is 9.95. The molecule has 0 aliphatic heterocycles. The molecule has 4 nitrogen and oxygen atoms in total. The number of aryl methyl sites for hydroxylation is 2. The van der Waals surface area contributed by atoms with Gasteiger partial charge in [-0.25, -0.2) is 12.8 Å². The highest BCUT2D eigenvalue weighted by Crippen LogP contribution is 2.41.